The zero-order chi connectivity index (χ0) is 15.4. The fourth-order valence-corrected chi connectivity index (χ4v) is 2.30. The van der Waals surface area contributed by atoms with Gasteiger partial charge in [0, 0.05) is 18.9 Å². The van der Waals surface area contributed by atoms with E-state index in [4.69, 9.17) is 11.6 Å². The van der Waals surface area contributed by atoms with E-state index < -0.39 is 0 Å². The van der Waals surface area contributed by atoms with Crippen molar-refractivity contribution in [2.75, 3.05) is 12.4 Å². The fourth-order valence-electron chi connectivity index (χ4n) is 1.67. The molecule has 1 aromatic heterocycles. The Morgan fingerprint density at radius 1 is 1.19 bits per heavy atom. The summed E-state index contributed by atoms with van der Waals surface area (Å²) in [6.07, 6.45) is 1.58. The Morgan fingerprint density at radius 3 is 2.62 bits per heavy atom. The number of rotatable bonds is 3. The number of halogens is 2. The van der Waals surface area contributed by atoms with Crippen LogP contribution < -0.4 is 10.6 Å². The van der Waals surface area contributed by atoms with E-state index >= 15 is 0 Å². The SMILES string of the molecule is CNC(=O)c1cc(NC(=O)c2cccnc2Br)ccc1Cl. The van der Waals surface area contributed by atoms with Crippen LogP contribution in [0.2, 0.25) is 5.02 Å². The maximum Gasteiger partial charge on any atom is 0.258 e. The van der Waals surface area contributed by atoms with E-state index in [9.17, 15) is 9.59 Å². The standard InChI is InChI=1S/C14H11BrClN3O2/c1-17-13(20)10-7-8(4-5-11(10)16)19-14(21)9-3-2-6-18-12(9)15/h2-7H,1H3,(H,17,20)(H,19,21). The summed E-state index contributed by atoms with van der Waals surface area (Å²) in [5.41, 5.74) is 1.16. The third-order valence-corrected chi connectivity index (χ3v) is 3.66. The first-order valence-corrected chi connectivity index (χ1v) is 7.13. The highest BCUT2D eigenvalue weighted by Gasteiger charge is 2.13. The summed E-state index contributed by atoms with van der Waals surface area (Å²) in [6.45, 7) is 0. The second kappa shape index (κ2) is 6.69. The molecule has 0 saturated heterocycles. The minimum absolute atomic E-state index is 0.294. The quantitative estimate of drug-likeness (QED) is 0.818. The molecule has 2 rings (SSSR count). The molecule has 1 heterocycles. The molecular formula is C14H11BrClN3O2. The molecule has 0 aliphatic heterocycles. The van der Waals surface area contributed by atoms with Crippen LogP contribution in [-0.4, -0.2) is 23.8 Å². The van der Waals surface area contributed by atoms with Crippen LogP contribution in [0.25, 0.3) is 0 Å². The van der Waals surface area contributed by atoms with Crippen LogP contribution in [0, 0.1) is 0 Å². The minimum Gasteiger partial charge on any atom is -0.355 e. The molecule has 2 aromatic rings. The zero-order valence-electron chi connectivity index (χ0n) is 11.0. The summed E-state index contributed by atoms with van der Waals surface area (Å²) in [4.78, 5) is 27.8. The molecule has 5 nitrogen and oxygen atoms in total. The van der Waals surface area contributed by atoms with Crippen LogP contribution >= 0.6 is 27.5 Å². The minimum atomic E-state index is -0.333. The Morgan fingerprint density at radius 2 is 1.95 bits per heavy atom. The monoisotopic (exact) mass is 367 g/mol. The van der Waals surface area contributed by atoms with Crippen molar-refractivity contribution in [1.82, 2.24) is 10.3 Å². The second-order valence-corrected chi connectivity index (χ2v) is 5.23. The van der Waals surface area contributed by atoms with Crippen molar-refractivity contribution < 1.29 is 9.59 Å². The molecule has 0 spiro atoms. The highest BCUT2D eigenvalue weighted by molar-refractivity contribution is 9.10. The zero-order valence-corrected chi connectivity index (χ0v) is 13.3. The Hall–Kier alpha value is -1.92. The Bertz CT molecular complexity index is 706. The van der Waals surface area contributed by atoms with E-state index in [1.54, 1.807) is 30.5 Å². The summed E-state index contributed by atoms with van der Waals surface area (Å²) in [6, 6.07) is 8.00. The van der Waals surface area contributed by atoms with Crippen molar-refractivity contribution in [1.29, 1.82) is 0 Å². The average Bonchev–Trinajstić information content (AvgIpc) is 2.48. The van der Waals surface area contributed by atoms with E-state index in [0.29, 0.717) is 26.4 Å². The van der Waals surface area contributed by atoms with Gasteiger partial charge in [0.25, 0.3) is 11.8 Å². The van der Waals surface area contributed by atoms with Crippen LogP contribution in [0.15, 0.2) is 41.1 Å². The molecule has 0 radical (unpaired) electrons. The molecule has 2 amide bonds. The number of hydrogen-bond donors (Lipinski definition) is 2. The highest BCUT2D eigenvalue weighted by Crippen LogP contribution is 2.22. The van der Waals surface area contributed by atoms with E-state index in [1.807, 2.05) is 0 Å². The Kier molecular flexibility index (Phi) is 4.93. The molecule has 1 aromatic carbocycles. The van der Waals surface area contributed by atoms with E-state index in [-0.39, 0.29) is 11.8 Å². The Labute approximate surface area is 134 Å². The number of pyridine rings is 1. The van der Waals surface area contributed by atoms with Gasteiger partial charge in [-0.05, 0) is 46.3 Å². The molecule has 2 N–H and O–H groups in total. The molecule has 108 valence electrons. The number of carbonyl (C=O) groups excluding carboxylic acids is 2. The number of nitrogens with one attached hydrogen (secondary N) is 2. The van der Waals surface area contributed by atoms with Gasteiger partial charge in [0.2, 0.25) is 0 Å². The van der Waals surface area contributed by atoms with Crippen LogP contribution in [0.3, 0.4) is 0 Å². The molecular weight excluding hydrogens is 358 g/mol. The summed E-state index contributed by atoms with van der Waals surface area (Å²) >= 11 is 9.17. The normalized spacial score (nSPS) is 10.0. The van der Waals surface area contributed by atoms with Gasteiger partial charge >= 0.3 is 0 Å². The second-order valence-electron chi connectivity index (χ2n) is 4.07. The molecule has 0 aliphatic rings. The Balaban J connectivity index is 2.26. The number of nitrogens with zero attached hydrogens (tertiary/aromatic N) is 1. The van der Waals surface area contributed by atoms with Gasteiger partial charge in [-0.2, -0.15) is 0 Å². The van der Waals surface area contributed by atoms with Crippen molar-refractivity contribution in [3.63, 3.8) is 0 Å². The molecule has 0 saturated carbocycles. The predicted octanol–water partition coefficient (Wildman–Crippen LogP) is 3.11. The molecule has 0 aliphatic carbocycles. The molecule has 21 heavy (non-hydrogen) atoms. The summed E-state index contributed by atoms with van der Waals surface area (Å²) < 4.78 is 0.447. The number of carbonyl (C=O) groups is 2. The summed E-state index contributed by atoms with van der Waals surface area (Å²) in [5.74, 6) is -0.654. The third-order valence-electron chi connectivity index (χ3n) is 2.70. The number of amides is 2. The van der Waals surface area contributed by atoms with E-state index in [0.717, 1.165) is 0 Å². The highest BCUT2D eigenvalue weighted by atomic mass is 79.9. The first-order valence-electron chi connectivity index (χ1n) is 5.96. The fraction of sp³-hybridized carbons (Fsp3) is 0.0714. The maximum atomic E-state index is 12.2. The van der Waals surface area contributed by atoms with Gasteiger partial charge in [-0.25, -0.2) is 4.98 Å². The lowest BCUT2D eigenvalue weighted by Crippen LogP contribution is -2.19. The van der Waals surface area contributed by atoms with Crippen LogP contribution in [-0.2, 0) is 0 Å². The number of benzene rings is 1. The lowest BCUT2D eigenvalue weighted by Gasteiger charge is -2.09. The number of anilines is 1. The largest absolute Gasteiger partial charge is 0.355 e. The van der Waals surface area contributed by atoms with Crippen molar-refractivity contribution in [3.05, 3.63) is 57.3 Å². The maximum absolute atomic E-state index is 12.2. The molecule has 0 atom stereocenters. The average molecular weight is 369 g/mol. The smallest absolute Gasteiger partial charge is 0.258 e. The van der Waals surface area contributed by atoms with Gasteiger partial charge in [0.05, 0.1) is 16.1 Å². The van der Waals surface area contributed by atoms with Gasteiger partial charge in [0.1, 0.15) is 4.60 Å². The van der Waals surface area contributed by atoms with Gasteiger partial charge in [-0.3, -0.25) is 9.59 Å². The molecule has 7 heteroatoms. The van der Waals surface area contributed by atoms with Crippen LogP contribution in [0.4, 0.5) is 5.69 Å². The predicted molar refractivity (Wildman–Crippen MR) is 84.7 cm³/mol. The van der Waals surface area contributed by atoms with E-state index in [1.165, 1.54) is 13.1 Å². The first-order chi connectivity index (χ1) is 10.0. The third kappa shape index (κ3) is 3.59. The van der Waals surface area contributed by atoms with Crippen LogP contribution in [0.5, 0.6) is 0 Å². The van der Waals surface area contributed by atoms with Gasteiger partial charge in [-0.1, -0.05) is 11.6 Å². The van der Waals surface area contributed by atoms with Gasteiger partial charge in [0.15, 0.2) is 0 Å². The van der Waals surface area contributed by atoms with Gasteiger partial charge in [-0.15, -0.1) is 0 Å². The molecule has 0 fully saturated rings. The summed E-state index contributed by atoms with van der Waals surface area (Å²) in [7, 11) is 1.51. The van der Waals surface area contributed by atoms with Gasteiger partial charge < -0.3 is 10.6 Å². The summed E-state index contributed by atoms with van der Waals surface area (Å²) in [5, 5.41) is 5.50. The molecule has 0 unspecified atom stereocenters. The van der Waals surface area contributed by atoms with Crippen molar-refractivity contribution in [2.45, 2.75) is 0 Å². The van der Waals surface area contributed by atoms with Crippen LogP contribution in [0.1, 0.15) is 20.7 Å². The van der Waals surface area contributed by atoms with Crippen molar-refractivity contribution >= 4 is 45.0 Å². The number of aromatic nitrogens is 1. The lowest BCUT2D eigenvalue weighted by molar-refractivity contribution is 0.0961. The topological polar surface area (TPSA) is 71.1 Å². The lowest BCUT2D eigenvalue weighted by atomic mass is 10.1. The first kappa shape index (κ1) is 15.5. The molecule has 0 bridgehead atoms. The van der Waals surface area contributed by atoms with Crippen molar-refractivity contribution in [3.8, 4) is 0 Å². The van der Waals surface area contributed by atoms with Crippen molar-refractivity contribution in [2.24, 2.45) is 0 Å². The number of hydrogen-bond acceptors (Lipinski definition) is 3. The van der Waals surface area contributed by atoms with E-state index in [2.05, 4.69) is 31.5 Å².